The van der Waals surface area contributed by atoms with E-state index in [1.54, 1.807) is 0 Å². The smallest absolute Gasteiger partial charge is 0.273 e. The van der Waals surface area contributed by atoms with Crippen LogP contribution >= 0.6 is 0 Å². The van der Waals surface area contributed by atoms with Gasteiger partial charge in [0.1, 0.15) is 5.83 Å². The van der Waals surface area contributed by atoms with E-state index in [0.29, 0.717) is 4.31 Å². The van der Waals surface area contributed by atoms with Gasteiger partial charge in [-0.15, -0.1) is 0 Å². The lowest BCUT2D eigenvalue weighted by Crippen LogP contribution is -2.31. The van der Waals surface area contributed by atoms with Crippen molar-refractivity contribution >= 4 is 10.3 Å². The number of halogens is 1. The van der Waals surface area contributed by atoms with E-state index >= 15 is 0 Å². The first-order valence-corrected chi connectivity index (χ1v) is 4.33. The second-order valence-electron chi connectivity index (χ2n) is 1.92. The van der Waals surface area contributed by atoms with E-state index < -0.39 is 22.7 Å². The molecule has 1 N–H and O–H groups in total. The summed E-state index contributed by atoms with van der Waals surface area (Å²) in [5, 5.41) is 0. The van der Waals surface area contributed by atoms with E-state index in [1.807, 2.05) is 0 Å². The lowest BCUT2D eigenvalue weighted by atomic mass is 10.5. The number of hydrogen-bond acceptors (Lipinski definition) is 2. The van der Waals surface area contributed by atoms with Crippen LogP contribution in [0.25, 0.3) is 0 Å². The lowest BCUT2D eigenvalue weighted by Gasteiger charge is -2.13. The van der Waals surface area contributed by atoms with Gasteiger partial charge in [0.15, 0.2) is 0 Å². The maximum Gasteiger partial charge on any atom is 0.336 e. The topological polar surface area (TPSA) is 57.6 Å². The normalized spacial score (nSPS) is 12.0. The zero-order chi connectivity index (χ0) is 9.07. The van der Waals surface area contributed by atoms with Crippen molar-refractivity contribution in [1.29, 1.82) is 0 Å². The van der Waals surface area contributed by atoms with Crippen molar-refractivity contribution in [2.75, 3.05) is 13.1 Å². The molecule has 0 aromatic heterocycles. The zero-order valence-electron chi connectivity index (χ0n) is 6.12. The summed E-state index contributed by atoms with van der Waals surface area (Å²) in [6, 6.07) is 0. The molecule has 0 rings (SSSR count). The predicted octanol–water partition coefficient (Wildman–Crippen LogP) is 0.594. The molecule has 0 fully saturated rings. The maximum absolute atomic E-state index is 12.1. The summed E-state index contributed by atoms with van der Waals surface area (Å²) in [6.45, 7) is 3.88. The Hall–Kier alpha value is -0.460. The highest BCUT2D eigenvalue weighted by Crippen LogP contribution is 2.01. The van der Waals surface area contributed by atoms with Crippen LogP contribution in [0, 0.1) is 0 Å². The van der Waals surface area contributed by atoms with E-state index in [1.165, 1.54) is 6.92 Å². The molecule has 0 aliphatic heterocycles. The molecule has 0 aliphatic carbocycles. The molecule has 0 saturated carbocycles. The van der Waals surface area contributed by atoms with Crippen molar-refractivity contribution in [2.24, 2.45) is 0 Å². The third kappa shape index (κ3) is 4.07. The summed E-state index contributed by atoms with van der Waals surface area (Å²) in [4.78, 5) is 0. The highest BCUT2D eigenvalue weighted by atomic mass is 32.2. The Balaban J connectivity index is 4.31. The molecular formula is C5H10FNO3S. The van der Waals surface area contributed by atoms with Crippen LogP contribution in [-0.2, 0) is 10.3 Å². The van der Waals surface area contributed by atoms with Crippen molar-refractivity contribution in [3.8, 4) is 0 Å². The molecule has 0 heterocycles. The van der Waals surface area contributed by atoms with Gasteiger partial charge in [0.25, 0.3) is 0 Å². The van der Waals surface area contributed by atoms with Crippen molar-refractivity contribution in [3.63, 3.8) is 0 Å². The molecule has 6 heteroatoms. The standard InChI is InChI=1S/C5H10FNO3S/c1-3-7(4-5(2)6)11(8,9)10/h2-4H2,1H3,(H,8,9,10). The highest BCUT2D eigenvalue weighted by Gasteiger charge is 2.16. The van der Waals surface area contributed by atoms with Crippen molar-refractivity contribution < 1.29 is 17.4 Å². The molecular weight excluding hydrogens is 173 g/mol. The third-order valence-corrected chi connectivity index (χ3v) is 2.07. The van der Waals surface area contributed by atoms with E-state index in [9.17, 15) is 12.8 Å². The van der Waals surface area contributed by atoms with Gasteiger partial charge in [-0.25, -0.2) is 4.39 Å². The molecule has 0 amide bonds. The van der Waals surface area contributed by atoms with Crippen molar-refractivity contribution in [3.05, 3.63) is 12.4 Å². The second-order valence-corrected chi connectivity index (χ2v) is 3.33. The molecule has 0 atom stereocenters. The Kier molecular flexibility index (Phi) is 3.64. The summed E-state index contributed by atoms with van der Waals surface area (Å²) in [6.07, 6.45) is 0. The molecule has 0 saturated heterocycles. The van der Waals surface area contributed by atoms with Gasteiger partial charge in [0, 0.05) is 6.54 Å². The Morgan fingerprint density at radius 1 is 1.73 bits per heavy atom. The second kappa shape index (κ2) is 3.80. The van der Waals surface area contributed by atoms with Gasteiger partial charge in [-0.05, 0) is 0 Å². The van der Waals surface area contributed by atoms with E-state index in [2.05, 4.69) is 6.58 Å². The van der Waals surface area contributed by atoms with Crippen LogP contribution in [0.3, 0.4) is 0 Å². The fraction of sp³-hybridized carbons (Fsp3) is 0.600. The maximum atomic E-state index is 12.1. The van der Waals surface area contributed by atoms with E-state index in [4.69, 9.17) is 4.55 Å². The van der Waals surface area contributed by atoms with Gasteiger partial charge in [0.2, 0.25) is 0 Å². The molecule has 11 heavy (non-hydrogen) atoms. The minimum atomic E-state index is -4.28. The van der Waals surface area contributed by atoms with Gasteiger partial charge >= 0.3 is 10.3 Å². The molecule has 66 valence electrons. The van der Waals surface area contributed by atoms with Crippen LogP contribution in [0.2, 0.25) is 0 Å². The van der Waals surface area contributed by atoms with Crippen LogP contribution in [0.5, 0.6) is 0 Å². The first-order valence-electron chi connectivity index (χ1n) is 2.93. The molecule has 0 bridgehead atoms. The summed E-state index contributed by atoms with van der Waals surface area (Å²) in [7, 11) is -4.28. The molecule has 0 spiro atoms. The molecule has 0 unspecified atom stereocenters. The molecule has 0 aliphatic rings. The fourth-order valence-corrected chi connectivity index (χ4v) is 1.18. The van der Waals surface area contributed by atoms with Gasteiger partial charge in [-0.1, -0.05) is 13.5 Å². The van der Waals surface area contributed by atoms with E-state index in [0.717, 1.165) is 0 Å². The van der Waals surface area contributed by atoms with Crippen LogP contribution < -0.4 is 0 Å². The van der Waals surface area contributed by atoms with Crippen LogP contribution in [0.15, 0.2) is 12.4 Å². The van der Waals surface area contributed by atoms with Crippen LogP contribution in [0.1, 0.15) is 6.92 Å². The van der Waals surface area contributed by atoms with Crippen LogP contribution in [0.4, 0.5) is 4.39 Å². The predicted molar refractivity (Wildman–Crippen MR) is 39.0 cm³/mol. The molecule has 0 aromatic carbocycles. The number of hydrogen-bond donors (Lipinski definition) is 1. The Labute approximate surface area is 65.2 Å². The quantitative estimate of drug-likeness (QED) is 0.649. The Morgan fingerprint density at radius 3 is 2.27 bits per heavy atom. The molecule has 0 radical (unpaired) electrons. The Morgan fingerprint density at radius 2 is 2.18 bits per heavy atom. The van der Waals surface area contributed by atoms with Gasteiger partial charge in [-0.2, -0.15) is 12.7 Å². The lowest BCUT2D eigenvalue weighted by molar-refractivity contribution is 0.360. The summed E-state index contributed by atoms with van der Waals surface area (Å²) < 4.78 is 41.8. The molecule has 0 aromatic rings. The number of rotatable bonds is 4. The number of nitrogens with zero attached hydrogens (tertiary/aromatic N) is 1. The fourth-order valence-electron chi connectivity index (χ4n) is 0.548. The first-order chi connectivity index (χ1) is 4.88. The van der Waals surface area contributed by atoms with Gasteiger partial charge in [-0.3, -0.25) is 4.55 Å². The SMILES string of the molecule is C=C(F)CN(CC)S(=O)(=O)O. The monoisotopic (exact) mass is 183 g/mol. The summed E-state index contributed by atoms with van der Waals surface area (Å²) in [5.74, 6) is -0.801. The first kappa shape index (κ1) is 10.5. The summed E-state index contributed by atoms with van der Waals surface area (Å²) >= 11 is 0. The molecule has 4 nitrogen and oxygen atoms in total. The highest BCUT2D eigenvalue weighted by molar-refractivity contribution is 7.83. The third-order valence-electron chi connectivity index (χ3n) is 1.03. The van der Waals surface area contributed by atoms with Crippen molar-refractivity contribution in [2.45, 2.75) is 6.92 Å². The number of likely N-dealkylation sites (N-methyl/N-ethyl adjacent to an activating group) is 1. The average Bonchev–Trinajstić information content (AvgIpc) is 1.79. The minimum absolute atomic E-state index is 0.0156. The van der Waals surface area contributed by atoms with Crippen molar-refractivity contribution in [1.82, 2.24) is 4.31 Å². The summed E-state index contributed by atoms with van der Waals surface area (Å²) in [5.41, 5.74) is 0. The largest absolute Gasteiger partial charge is 0.336 e. The van der Waals surface area contributed by atoms with Gasteiger partial charge < -0.3 is 0 Å². The Bertz CT molecular complexity index is 236. The zero-order valence-corrected chi connectivity index (χ0v) is 6.93. The van der Waals surface area contributed by atoms with E-state index in [-0.39, 0.29) is 6.54 Å². The average molecular weight is 183 g/mol. The van der Waals surface area contributed by atoms with Crippen LogP contribution in [-0.4, -0.2) is 30.4 Å². The van der Waals surface area contributed by atoms with Gasteiger partial charge in [0.05, 0.1) is 6.54 Å². The minimum Gasteiger partial charge on any atom is -0.273 e.